The number of rotatable bonds is 3. The molecule has 8 heteroatoms. The van der Waals surface area contributed by atoms with Crippen LogP contribution in [0.5, 0.6) is 0 Å². The van der Waals surface area contributed by atoms with Crippen LogP contribution in [0.2, 0.25) is 0 Å². The van der Waals surface area contributed by atoms with Crippen molar-refractivity contribution in [3.63, 3.8) is 0 Å². The van der Waals surface area contributed by atoms with Crippen molar-refractivity contribution in [2.24, 2.45) is 7.05 Å². The molecule has 1 saturated heterocycles. The molecule has 134 valence electrons. The highest BCUT2D eigenvalue weighted by atomic mass is 32.1. The molecule has 1 aliphatic heterocycles. The number of hydrogen-bond donors (Lipinski definition) is 0. The molecular formula is C18H19N5O2S. The molecule has 0 spiro atoms. The highest BCUT2D eigenvalue weighted by molar-refractivity contribution is 7.18. The smallest absolute Gasteiger partial charge is 0.274 e. The number of hydrogen-bond acceptors (Lipinski definition) is 6. The van der Waals surface area contributed by atoms with E-state index >= 15 is 0 Å². The van der Waals surface area contributed by atoms with E-state index in [9.17, 15) is 9.59 Å². The molecule has 0 radical (unpaired) electrons. The fraction of sp³-hybridized carbons (Fsp3) is 0.333. The minimum Gasteiger partial charge on any atom is -0.335 e. The van der Waals surface area contributed by atoms with Gasteiger partial charge in [-0.2, -0.15) is 5.10 Å². The summed E-state index contributed by atoms with van der Waals surface area (Å²) in [7, 11) is 1.55. The largest absolute Gasteiger partial charge is 0.335 e. The van der Waals surface area contributed by atoms with E-state index in [4.69, 9.17) is 0 Å². The summed E-state index contributed by atoms with van der Waals surface area (Å²) in [6.45, 7) is 3.70. The van der Waals surface area contributed by atoms with Crippen molar-refractivity contribution in [2.75, 3.05) is 26.2 Å². The van der Waals surface area contributed by atoms with Crippen LogP contribution in [-0.4, -0.2) is 56.7 Å². The SMILES string of the molecule is Cn1nc(C(=O)N2CCN(Cc3nc4ccccc4s3)CC2)ccc1=O. The summed E-state index contributed by atoms with van der Waals surface area (Å²) in [4.78, 5) is 32.8. The van der Waals surface area contributed by atoms with Gasteiger partial charge in [0.25, 0.3) is 11.5 Å². The van der Waals surface area contributed by atoms with Gasteiger partial charge in [-0.15, -0.1) is 11.3 Å². The Morgan fingerprint density at radius 2 is 1.88 bits per heavy atom. The molecule has 1 aliphatic rings. The number of benzene rings is 1. The molecule has 0 saturated carbocycles. The van der Waals surface area contributed by atoms with Gasteiger partial charge in [0.15, 0.2) is 0 Å². The first-order chi connectivity index (χ1) is 12.6. The average Bonchev–Trinajstić information content (AvgIpc) is 3.06. The first-order valence-corrected chi connectivity index (χ1v) is 9.32. The molecule has 1 fully saturated rings. The lowest BCUT2D eigenvalue weighted by atomic mass is 10.2. The molecule has 26 heavy (non-hydrogen) atoms. The maximum absolute atomic E-state index is 12.6. The van der Waals surface area contributed by atoms with Crippen LogP contribution in [0.15, 0.2) is 41.2 Å². The van der Waals surface area contributed by atoms with E-state index in [0.29, 0.717) is 18.8 Å². The first kappa shape index (κ1) is 16.9. The summed E-state index contributed by atoms with van der Waals surface area (Å²) in [5, 5.41) is 5.15. The highest BCUT2D eigenvalue weighted by Gasteiger charge is 2.24. The van der Waals surface area contributed by atoms with Crippen molar-refractivity contribution < 1.29 is 4.79 Å². The Morgan fingerprint density at radius 3 is 2.62 bits per heavy atom. The fourth-order valence-electron chi connectivity index (χ4n) is 3.07. The normalized spacial score (nSPS) is 15.5. The number of amides is 1. The van der Waals surface area contributed by atoms with Crippen molar-refractivity contribution in [1.29, 1.82) is 0 Å². The summed E-state index contributed by atoms with van der Waals surface area (Å²) in [5.74, 6) is -0.125. The molecule has 3 heterocycles. The molecule has 1 amide bonds. The predicted molar refractivity (Wildman–Crippen MR) is 100 cm³/mol. The molecule has 2 aromatic heterocycles. The second kappa shape index (κ2) is 6.97. The average molecular weight is 369 g/mol. The zero-order chi connectivity index (χ0) is 18.1. The van der Waals surface area contributed by atoms with Gasteiger partial charge in [-0.3, -0.25) is 14.5 Å². The molecular weight excluding hydrogens is 350 g/mol. The van der Waals surface area contributed by atoms with Gasteiger partial charge in [0, 0.05) is 39.3 Å². The van der Waals surface area contributed by atoms with Crippen LogP contribution < -0.4 is 5.56 Å². The third-order valence-electron chi connectivity index (χ3n) is 4.54. The standard InChI is InChI=1S/C18H19N5O2S/c1-21-17(24)7-6-14(20-21)18(25)23-10-8-22(9-11-23)12-16-19-13-4-2-3-5-15(13)26-16/h2-7H,8-12H2,1H3. The summed E-state index contributed by atoms with van der Waals surface area (Å²) in [5.41, 5.74) is 1.14. The first-order valence-electron chi connectivity index (χ1n) is 8.50. The van der Waals surface area contributed by atoms with Crippen LogP contribution >= 0.6 is 11.3 Å². The molecule has 0 N–H and O–H groups in total. The third-order valence-corrected chi connectivity index (χ3v) is 5.56. The van der Waals surface area contributed by atoms with Gasteiger partial charge in [0.05, 0.1) is 16.8 Å². The van der Waals surface area contributed by atoms with E-state index in [1.807, 2.05) is 18.2 Å². The van der Waals surface area contributed by atoms with E-state index in [2.05, 4.69) is 21.0 Å². The lowest BCUT2D eigenvalue weighted by molar-refractivity contribution is 0.0620. The van der Waals surface area contributed by atoms with Gasteiger partial charge in [-0.1, -0.05) is 12.1 Å². The van der Waals surface area contributed by atoms with Gasteiger partial charge in [0.2, 0.25) is 0 Å². The number of nitrogens with zero attached hydrogens (tertiary/aromatic N) is 5. The fourth-order valence-corrected chi connectivity index (χ4v) is 4.08. The number of para-hydroxylation sites is 1. The van der Waals surface area contributed by atoms with E-state index in [-0.39, 0.29) is 11.5 Å². The molecule has 0 aliphatic carbocycles. The summed E-state index contributed by atoms with van der Waals surface area (Å²) in [6.07, 6.45) is 0. The topological polar surface area (TPSA) is 71.3 Å². The summed E-state index contributed by atoms with van der Waals surface area (Å²) < 4.78 is 2.40. The molecule has 0 bridgehead atoms. The molecule has 0 atom stereocenters. The van der Waals surface area contributed by atoms with Gasteiger partial charge < -0.3 is 4.90 Å². The van der Waals surface area contributed by atoms with Crippen LogP contribution in [0.1, 0.15) is 15.5 Å². The van der Waals surface area contributed by atoms with Gasteiger partial charge in [0.1, 0.15) is 10.7 Å². The van der Waals surface area contributed by atoms with Gasteiger partial charge in [-0.05, 0) is 18.2 Å². The maximum atomic E-state index is 12.6. The Labute approximate surface area is 154 Å². The number of carbonyl (C=O) groups excluding carboxylic acids is 1. The van der Waals surface area contributed by atoms with Crippen molar-refractivity contribution in [2.45, 2.75) is 6.54 Å². The monoisotopic (exact) mass is 369 g/mol. The van der Waals surface area contributed by atoms with Crippen molar-refractivity contribution in [3.05, 3.63) is 57.5 Å². The lowest BCUT2D eigenvalue weighted by Crippen LogP contribution is -2.48. The molecule has 7 nitrogen and oxygen atoms in total. The maximum Gasteiger partial charge on any atom is 0.274 e. The van der Waals surface area contributed by atoms with E-state index < -0.39 is 0 Å². The minimum atomic E-state index is -0.220. The van der Waals surface area contributed by atoms with E-state index in [1.54, 1.807) is 23.3 Å². The van der Waals surface area contributed by atoms with Crippen LogP contribution in [0.25, 0.3) is 10.2 Å². The molecule has 3 aromatic rings. The van der Waals surface area contributed by atoms with Crippen LogP contribution in [0, 0.1) is 0 Å². The second-order valence-corrected chi connectivity index (χ2v) is 7.44. The highest BCUT2D eigenvalue weighted by Crippen LogP contribution is 2.23. The summed E-state index contributed by atoms with van der Waals surface area (Å²) >= 11 is 1.72. The lowest BCUT2D eigenvalue weighted by Gasteiger charge is -2.34. The number of aromatic nitrogens is 3. The Bertz CT molecular complexity index is 971. The zero-order valence-electron chi connectivity index (χ0n) is 14.5. The third kappa shape index (κ3) is 3.38. The van der Waals surface area contributed by atoms with Crippen molar-refractivity contribution >= 4 is 27.5 Å². The van der Waals surface area contributed by atoms with Crippen molar-refractivity contribution in [1.82, 2.24) is 24.6 Å². The van der Waals surface area contributed by atoms with Crippen LogP contribution in [0.3, 0.4) is 0 Å². The van der Waals surface area contributed by atoms with Gasteiger partial charge in [-0.25, -0.2) is 9.67 Å². The minimum absolute atomic E-state index is 0.125. The van der Waals surface area contributed by atoms with Gasteiger partial charge >= 0.3 is 0 Å². The Kier molecular flexibility index (Phi) is 4.52. The van der Waals surface area contributed by atoms with E-state index in [1.165, 1.54) is 21.5 Å². The molecule has 4 rings (SSSR count). The number of piperazine rings is 1. The second-order valence-electron chi connectivity index (χ2n) is 6.32. The Morgan fingerprint density at radius 1 is 1.12 bits per heavy atom. The van der Waals surface area contributed by atoms with Crippen LogP contribution in [-0.2, 0) is 13.6 Å². The summed E-state index contributed by atoms with van der Waals surface area (Å²) in [6, 6.07) is 11.0. The number of fused-ring (bicyclic) bond motifs is 1. The Balaban J connectivity index is 1.38. The van der Waals surface area contributed by atoms with Crippen molar-refractivity contribution in [3.8, 4) is 0 Å². The van der Waals surface area contributed by atoms with E-state index in [0.717, 1.165) is 30.2 Å². The quantitative estimate of drug-likeness (QED) is 0.697. The number of aryl methyl sites for hydroxylation is 1. The molecule has 1 aromatic carbocycles. The van der Waals surface area contributed by atoms with Crippen LogP contribution in [0.4, 0.5) is 0 Å². The zero-order valence-corrected chi connectivity index (χ0v) is 15.3. The molecule has 0 unspecified atom stereocenters. The number of carbonyl (C=O) groups is 1. The Hall–Kier alpha value is -2.58. The number of thiazole rings is 1. The predicted octanol–water partition coefficient (Wildman–Crippen LogP) is 1.35.